The van der Waals surface area contributed by atoms with Crippen molar-refractivity contribution in [3.8, 4) is 5.75 Å². The highest BCUT2D eigenvalue weighted by molar-refractivity contribution is 5.80. The monoisotopic (exact) mass is 301 g/mol. The summed E-state index contributed by atoms with van der Waals surface area (Å²) >= 11 is 0. The van der Waals surface area contributed by atoms with Crippen LogP contribution in [0, 0.1) is 0 Å². The Labute approximate surface area is 131 Å². The predicted molar refractivity (Wildman–Crippen MR) is 85.8 cm³/mol. The molecule has 0 aliphatic heterocycles. The van der Waals surface area contributed by atoms with Crippen LogP contribution in [0.2, 0.25) is 0 Å². The Morgan fingerprint density at radius 2 is 1.91 bits per heavy atom. The molecule has 4 heteroatoms. The Balaban J connectivity index is 1.88. The van der Waals surface area contributed by atoms with Crippen molar-refractivity contribution >= 4 is 5.91 Å². The lowest BCUT2D eigenvalue weighted by Gasteiger charge is -2.20. The summed E-state index contributed by atoms with van der Waals surface area (Å²) in [5, 5.41) is 2.78. The summed E-state index contributed by atoms with van der Waals surface area (Å²) in [6.07, 6.45) is 1.02. The molecule has 4 nitrogen and oxygen atoms in total. The van der Waals surface area contributed by atoms with Crippen LogP contribution >= 0.6 is 0 Å². The highest BCUT2D eigenvalue weighted by atomic mass is 16.5. The van der Waals surface area contributed by atoms with Gasteiger partial charge < -0.3 is 14.5 Å². The first-order valence-electron chi connectivity index (χ1n) is 7.43. The molecule has 1 aromatic carbocycles. The minimum absolute atomic E-state index is 0.102. The van der Waals surface area contributed by atoms with E-state index in [0.717, 1.165) is 5.76 Å². The molecule has 2 aromatic rings. The van der Waals surface area contributed by atoms with Gasteiger partial charge in [-0.2, -0.15) is 0 Å². The molecule has 2 rings (SSSR count). The van der Waals surface area contributed by atoms with Crippen molar-refractivity contribution in [1.82, 2.24) is 5.32 Å². The van der Waals surface area contributed by atoms with Gasteiger partial charge in [-0.25, -0.2) is 0 Å². The van der Waals surface area contributed by atoms with Gasteiger partial charge in [-0.15, -0.1) is 0 Å². The average molecular weight is 301 g/mol. The molecular weight excluding hydrogens is 278 g/mol. The lowest BCUT2D eigenvalue weighted by atomic mass is 9.87. The average Bonchev–Trinajstić information content (AvgIpc) is 2.97. The maximum Gasteiger partial charge on any atom is 0.261 e. The van der Waals surface area contributed by atoms with Crippen LogP contribution in [0.1, 0.15) is 39.0 Å². The fraction of sp³-hybridized carbons (Fsp3) is 0.389. The van der Waals surface area contributed by atoms with Crippen LogP contribution in [0.5, 0.6) is 5.75 Å². The van der Waals surface area contributed by atoms with Crippen molar-refractivity contribution in [1.29, 1.82) is 0 Å². The number of benzene rings is 1. The van der Waals surface area contributed by atoms with Crippen molar-refractivity contribution in [2.75, 3.05) is 0 Å². The molecular formula is C18H23NO3. The number of carbonyl (C=O) groups is 1. The molecule has 1 atom stereocenters. The van der Waals surface area contributed by atoms with E-state index in [1.54, 1.807) is 19.3 Å². The molecule has 118 valence electrons. The Morgan fingerprint density at radius 3 is 2.45 bits per heavy atom. The van der Waals surface area contributed by atoms with Crippen LogP contribution in [0.4, 0.5) is 0 Å². The molecule has 1 amide bonds. The molecule has 1 N–H and O–H groups in total. The maximum absolute atomic E-state index is 12.0. The zero-order valence-corrected chi connectivity index (χ0v) is 13.6. The van der Waals surface area contributed by atoms with Crippen LogP contribution in [0.3, 0.4) is 0 Å². The van der Waals surface area contributed by atoms with E-state index < -0.39 is 6.10 Å². The second-order valence-corrected chi connectivity index (χ2v) is 6.33. The number of amides is 1. The number of rotatable bonds is 5. The van der Waals surface area contributed by atoms with E-state index in [2.05, 4.69) is 26.1 Å². The lowest BCUT2D eigenvalue weighted by Crippen LogP contribution is -2.35. The zero-order chi connectivity index (χ0) is 16.2. The van der Waals surface area contributed by atoms with Crippen molar-refractivity contribution in [3.05, 3.63) is 54.0 Å². The quantitative estimate of drug-likeness (QED) is 0.917. The molecule has 0 aliphatic rings. The van der Waals surface area contributed by atoms with Crippen LogP contribution in [-0.2, 0) is 16.8 Å². The molecule has 0 aliphatic carbocycles. The SMILES string of the molecule is C[C@@H](Oc1ccc(C(C)(C)C)cc1)C(=O)NCc1ccco1. The van der Waals surface area contributed by atoms with Gasteiger partial charge in [-0.1, -0.05) is 32.9 Å². The van der Waals surface area contributed by atoms with Crippen LogP contribution in [0.25, 0.3) is 0 Å². The Bertz CT molecular complexity index is 594. The first-order chi connectivity index (χ1) is 10.4. The molecule has 0 fully saturated rings. The molecule has 1 aromatic heterocycles. The van der Waals surface area contributed by atoms with Gasteiger partial charge in [0.05, 0.1) is 12.8 Å². The van der Waals surface area contributed by atoms with Gasteiger partial charge in [0.1, 0.15) is 11.5 Å². The predicted octanol–water partition coefficient (Wildman–Crippen LogP) is 3.66. The second-order valence-electron chi connectivity index (χ2n) is 6.33. The summed E-state index contributed by atoms with van der Waals surface area (Å²) < 4.78 is 10.8. The standard InChI is InChI=1S/C18H23NO3/c1-13(17(20)19-12-16-6-5-11-21-16)22-15-9-7-14(8-10-15)18(2,3)4/h5-11,13H,12H2,1-4H3,(H,19,20)/t13-/m1/s1. The second kappa shape index (κ2) is 6.69. The van der Waals surface area contributed by atoms with E-state index >= 15 is 0 Å². The summed E-state index contributed by atoms with van der Waals surface area (Å²) in [7, 11) is 0. The van der Waals surface area contributed by atoms with E-state index in [1.807, 2.05) is 30.3 Å². The minimum Gasteiger partial charge on any atom is -0.481 e. The summed E-state index contributed by atoms with van der Waals surface area (Å²) in [4.78, 5) is 12.0. The molecule has 0 spiro atoms. The lowest BCUT2D eigenvalue weighted by molar-refractivity contribution is -0.127. The first kappa shape index (κ1) is 16.1. The number of ether oxygens (including phenoxy) is 1. The smallest absolute Gasteiger partial charge is 0.261 e. The van der Waals surface area contributed by atoms with E-state index in [1.165, 1.54) is 5.56 Å². The Morgan fingerprint density at radius 1 is 1.23 bits per heavy atom. The molecule has 22 heavy (non-hydrogen) atoms. The fourth-order valence-electron chi connectivity index (χ4n) is 2.02. The number of hydrogen-bond donors (Lipinski definition) is 1. The Hall–Kier alpha value is -2.23. The largest absolute Gasteiger partial charge is 0.481 e. The minimum atomic E-state index is -0.560. The van der Waals surface area contributed by atoms with Crippen molar-refractivity contribution < 1.29 is 13.9 Å². The van der Waals surface area contributed by atoms with Crippen molar-refractivity contribution in [3.63, 3.8) is 0 Å². The molecule has 0 radical (unpaired) electrons. The zero-order valence-electron chi connectivity index (χ0n) is 13.6. The highest BCUT2D eigenvalue weighted by Crippen LogP contribution is 2.24. The summed E-state index contributed by atoms with van der Waals surface area (Å²) in [6.45, 7) is 8.58. The third-order valence-electron chi connectivity index (χ3n) is 3.42. The van der Waals surface area contributed by atoms with Gasteiger partial charge in [-0.3, -0.25) is 4.79 Å². The van der Waals surface area contributed by atoms with Crippen LogP contribution in [0.15, 0.2) is 47.1 Å². The number of nitrogens with one attached hydrogen (secondary N) is 1. The topological polar surface area (TPSA) is 51.5 Å². The van der Waals surface area contributed by atoms with E-state index in [4.69, 9.17) is 9.15 Å². The van der Waals surface area contributed by atoms with E-state index in [-0.39, 0.29) is 11.3 Å². The number of carbonyl (C=O) groups excluding carboxylic acids is 1. The van der Waals surface area contributed by atoms with Gasteiger partial charge in [-0.05, 0) is 42.2 Å². The molecule has 0 bridgehead atoms. The maximum atomic E-state index is 12.0. The van der Waals surface area contributed by atoms with Gasteiger partial charge >= 0.3 is 0 Å². The van der Waals surface area contributed by atoms with Gasteiger partial charge in [0, 0.05) is 0 Å². The summed E-state index contributed by atoms with van der Waals surface area (Å²) in [5.74, 6) is 1.24. The molecule has 0 saturated carbocycles. The van der Waals surface area contributed by atoms with Crippen molar-refractivity contribution in [2.24, 2.45) is 0 Å². The van der Waals surface area contributed by atoms with E-state index in [0.29, 0.717) is 12.3 Å². The van der Waals surface area contributed by atoms with Crippen LogP contribution < -0.4 is 10.1 Å². The van der Waals surface area contributed by atoms with Crippen molar-refractivity contribution in [2.45, 2.75) is 45.8 Å². The van der Waals surface area contributed by atoms with Gasteiger partial charge in [0.15, 0.2) is 6.10 Å². The first-order valence-corrected chi connectivity index (χ1v) is 7.43. The normalized spacial score (nSPS) is 12.7. The molecule has 0 unspecified atom stereocenters. The van der Waals surface area contributed by atoms with Crippen LogP contribution in [-0.4, -0.2) is 12.0 Å². The Kier molecular flexibility index (Phi) is 4.91. The van der Waals surface area contributed by atoms with Gasteiger partial charge in [0.25, 0.3) is 5.91 Å². The number of furan rings is 1. The summed E-state index contributed by atoms with van der Waals surface area (Å²) in [6, 6.07) is 11.5. The molecule has 1 heterocycles. The van der Waals surface area contributed by atoms with E-state index in [9.17, 15) is 4.79 Å². The number of hydrogen-bond acceptors (Lipinski definition) is 3. The summed E-state index contributed by atoms with van der Waals surface area (Å²) in [5.41, 5.74) is 1.33. The molecule has 0 saturated heterocycles. The fourth-order valence-corrected chi connectivity index (χ4v) is 2.02. The highest BCUT2D eigenvalue weighted by Gasteiger charge is 2.16. The van der Waals surface area contributed by atoms with Gasteiger partial charge in [0.2, 0.25) is 0 Å². The third-order valence-corrected chi connectivity index (χ3v) is 3.42. The third kappa shape index (κ3) is 4.38.